The first-order chi connectivity index (χ1) is 15.4. The maximum Gasteiger partial charge on any atom is 1.00 e. The summed E-state index contributed by atoms with van der Waals surface area (Å²) in [5, 5.41) is 17.2. The van der Waals surface area contributed by atoms with Crippen LogP contribution in [0.25, 0.3) is 22.5 Å². The first-order valence-electron chi connectivity index (χ1n) is 9.23. The Morgan fingerprint density at radius 1 is 0.882 bits per heavy atom. The SMILES string of the molecule is CCOC(=O)c1conc1-c1ccccc1Cl.O=C(O)c1conc1-c1ccccc1Cl.[Na+].[OH-]. The van der Waals surface area contributed by atoms with Crippen LogP contribution in [-0.4, -0.2) is 39.4 Å². The van der Waals surface area contributed by atoms with E-state index in [1.54, 1.807) is 49.4 Å². The van der Waals surface area contributed by atoms with Gasteiger partial charge in [-0.3, -0.25) is 0 Å². The number of esters is 1. The molecule has 2 aromatic heterocycles. The Hall–Kier alpha value is -2.66. The van der Waals surface area contributed by atoms with Gasteiger partial charge in [0.25, 0.3) is 0 Å². The van der Waals surface area contributed by atoms with Gasteiger partial charge in [0.15, 0.2) is 0 Å². The minimum absolute atomic E-state index is 0. The van der Waals surface area contributed by atoms with E-state index in [-0.39, 0.29) is 51.9 Å². The quantitative estimate of drug-likeness (QED) is 0.313. The predicted molar refractivity (Wildman–Crippen MR) is 119 cm³/mol. The summed E-state index contributed by atoms with van der Waals surface area (Å²) in [6, 6.07) is 14.0. The number of ether oxygens (including phenoxy) is 1. The Morgan fingerprint density at radius 3 is 1.76 bits per heavy atom. The number of benzene rings is 2. The number of rotatable bonds is 5. The average Bonchev–Trinajstić information content (AvgIpc) is 3.45. The van der Waals surface area contributed by atoms with Crippen LogP contribution < -0.4 is 29.6 Å². The van der Waals surface area contributed by atoms with Gasteiger partial charge in [0.1, 0.15) is 35.0 Å². The fourth-order valence-electron chi connectivity index (χ4n) is 2.67. The minimum atomic E-state index is -1.09. The van der Waals surface area contributed by atoms with Crippen molar-refractivity contribution in [1.82, 2.24) is 10.3 Å². The van der Waals surface area contributed by atoms with Crippen molar-refractivity contribution in [2.75, 3.05) is 6.61 Å². The smallest absolute Gasteiger partial charge is 0.870 e. The molecule has 2 heterocycles. The topological polar surface area (TPSA) is 146 Å². The molecule has 0 unspecified atom stereocenters. The van der Waals surface area contributed by atoms with Gasteiger partial charge in [0.2, 0.25) is 0 Å². The first kappa shape index (κ1) is 29.4. The van der Waals surface area contributed by atoms with Gasteiger partial charge in [0.05, 0.1) is 16.7 Å². The number of halogens is 2. The molecule has 0 bridgehead atoms. The van der Waals surface area contributed by atoms with Crippen LogP contribution in [0.4, 0.5) is 0 Å². The number of aromatic nitrogens is 2. The molecular formula is C22H17Cl2N2NaO7. The second-order valence-corrected chi connectivity index (χ2v) is 6.95. The molecule has 0 aliphatic rings. The van der Waals surface area contributed by atoms with Crippen LogP contribution in [0.3, 0.4) is 0 Å². The third kappa shape index (κ3) is 6.92. The molecule has 0 aliphatic carbocycles. The van der Waals surface area contributed by atoms with Crippen LogP contribution in [0.5, 0.6) is 0 Å². The number of carbonyl (C=O) groups excluding carboxylic acids is 1. The molecule has 0 saturated heterocycles. The van der Waals surface area contributed by atoms with Gasteiger partial charge >= 0.3 is 41.5 Å². The molecule has 0 aliphatic heterocycles. The summed E-state index contributed by atoms with van der Waals surface area (Å²) in [4.78, 5) is 22.5. The second kappa shape index (κ2) is 13.9. The molecular weight excluding hydrogens is 498 g/mol. The monoisotopic (exact) mass is 514 g/mol. The Balaban J connectivity index is 0.000000323. The van der Waals surface area contributed by atoms with Crippen molar-refractivity contribution in [3.63, 3.8) is 0 Å². The standard InChI is InChI=1S/C12H10ClNO3.C10H6ClNO3.Na.H2O/c1-2-16-12(15)9-7-17-14-11(9)8-5-3-4-6-10(8)13;11-8-4-2-1-3-6(8)9-7(10(13)14)5-15-12-9;;/h3-7H,2H2,1H3;1-5H,(H,13,14);;1H2/q;;+1;/p-1. The molecule has 4 rings (SSSR count). The fourth-order valence-corrected chi connectivity index (χ4v) is 3.12. The van der Waals surface area contributed by atoms with E-state index < -0.39 is 11.9 Å². The molecule has 9 nitrogen and oxygen atoms in total. The number of hydrogen-bond donors (Lipinski definition) is 1. The van der Waals surface area contributed by atoms with Crippen LogP contribution >= 0.6 is 23.2 Å². The maximum atomic E-state index is 11.6. The molecule has 172 valence electrons. The number of carbonyl (C=O) groups is 2. The van der Waals surface area contributed by atoms with E-state index in [2.05, 4.69) is 14.8 Å². The number of nitrogens with zero attached hydrogens (tertiary/aromatic N) is 2. The van der Waals surface area contributed by atoms with Crippen molar-refractivity contribution in [3.05, 3.63) is 82.2 Å². The van der Waals surface area contributed by atoms with E-state index in [4.69, 9.17) is 37.6 Å². The van der Waals surface area contributed by atoms with Gasteiger partial charge in [-0.25, -0.2) is 9.59 Å². The third-order valence-corrected chi connectivity index (χ3v) is 4.78. The Morgan fingerprint density at radius 2 is 1.32 bits per heavy atom. The Labute approximate surface area is 226 Å². The first-order valence-corrected chi connectivity index (χ1v) is 9.98. The molecule has 12 heteroatoms. The van der Waals surface area contributed by atoms with Crippen molar-refractivity contribution >= 4 is 35.1 Å². The van der Waals surface area contributed by atoms with Crippen LogP contribution in [0, 0.1) is 0 Å². The summed E-state index contributed by atoms with van der Waals surface area (Å²) >= 11 is 12.0. The van der Waals surface area contributed by atoms with Crippen LogP contribution in [0.1, 0.15) is 27.6 Å². The molecule has 0 atom stereocenters. The van der Waals surface area contributed by atoms with E-state index in [0.717, 1.165) is 6.26 Å². The zero-order valence-corrected chi connectivity index (χ0v) is 21.6. The molecule has 34 heavy (non-hydrogen) atoms. The molecule has 0 fully saturated rings. The van der Waals surface area contributed by atoms with E-state index in [0.29, 0.717) is 33.5 Å². The summed E-state index contributed by atoms with van der Waals surface area (Å²) in [6.07, 6.45) is 2.34. The zero-order chi connectivity index (χ0) is 23.1. The fraction of sp³-hybridized carbons (Fsp3) is 0.0909. The molecule has 0 radical (unpaired) electrons. The number of carboxylic acid groups (broad SMARTS) is 1. The largest absolute Gasteiger partial charge is 1.00 e. The molecule has 0 amide bonds. The zero-order valence-electron chi connectivity index (χ0n) is 18.1. The van der Waals surface area contributed by atoms with Gasteiger partial charge in [0, 0.05) is 11.1 Å². The summed E-state index contributed by atoms with van der Waals surface area (Å²) in [7, 11) is 0. The number of aromatic carboxylic acids is 1. The van der Waals surface area contributed by atoms with Gasteiger partial charge in [-0.2, -0.15) is 0 Å². The second-order valence-electron chi connectivity index (χ2n) is 6.14. The van der Waals surface area contributed by atoms with E-state index in [9.17, 15) is 9.59 Å². The van der Waals surface area contributed by atoms with Gasteiger partial charge in [-0.1, -0.05) is 69.9 Å². The Kier molecular flexibility index (Phi) is 12.0. The summed E-state index contributed by atoms with van der Waals surface area (Å²) < 4.78 is 14.3. The molecule has 0 saturated carbocycles. The van der Waals surface area contributed by atoms with E-state index in [1.165, 1.54) is 6.26 Å². The number of hydrogen-bond acceptors (Lipinski definition) is 8. The average molecular weight is 515 g/mol. The maximum absolute atomic E-state index is 11.6. The van der Waals surface area contributed by atoms with Gasteiger partial charge in [-0.05, 0) is 19.1 Å². The Bertz CT molecular complexity index is 1240. The molecule has 0 spiro atoms. The predicted octanol–water partition coefficient (Wildman–Crippen LogP) is 2.69. The summed E-state index contributed by atoms with van der Waals surface area (Å²) in [5.74, 6) is -1.56. The van der Waals surface area contributed by atoms with Crippen LogP contribution in [0.2, 0.25) is 10.0 Å². The van der Waals surface area contributed by atoms with Crippen molar-refractivity contribution in [1.29, 1.82) is 0 Å². The summed E-state index contributed by atoms with van der Waals surface area (Å²) in [5.41, 5.74) is 2.11. The minimum Gasteiger partial charge on any atom is -0.870 e. The van der Waals surface area contributed by atoms with Gasteiger partial charge in [-0.15, -0.1) is 0 Å². The molecule has 2 aromatic carbocycles. The number of carboxylic acids is 1. The van der Waals surface area contributed by atoms with Crippen LogP contribution in [-0.2, 0) is 4.74 Å². The van der Waals surface area contributed by atoms with Crippen LogP contribution in [0.15, 0.2) is 70.1 Å². The van der Waals surface area contributed by atoms with Gasteiger partial charge < -0.3 is 24.4 Å². The van der Waals surface area contributed by atoms with E-state index in [1.807, 2.05) is 6.07 Å². The normalized spacial score (nSPS) is 9.62. The molecule has 2 N–H and O–H groups in total. The van der Waals surface area contributed by atoms with Crippen molar-refractivity contribution < 1.29 is 63.5 Å². The third-order valence-electron chi connectivity index (χ3n) is 4.12. The van der Waals surface area contributed by atoms with Crippen molar-refractivity contribution in [2.24, 2.45) is 0 Å². The van der Waals surface area contributed by atoms with Crippen molar-refractivity contribution in [2.45, 2.75) is 6.92 Å². The molecule has 4 aromatic rings. The van der Waals surface area contributed by atoms with Crippen molar-refractivity contribution in [3.8, 4) is 22.5 Å². The summed E-state index contributed by atoms with van der Waals surface area (Å²) in [6.45, 7) is 2.03. The van der Waals surface area contributed by atoms with E-state index >= 15 is 0 Å².